The molecule has 0 spiro atoms. The standard InChI is InChI=1S/C18H32N2O/c1-13-4-6-16(7-5-13)17(21)12-20-15(3)11-19-9-8-14(2)10-18(19)20/h13-16,18H,4-12H2,1-3H3/p+1. The summed E-state index contributed by atoms with van der Waals surface area (Å²) in [6, 6.07) is 0.631. The largest absolute Gasteiger partial charge is 0.310 e. The van der Waals surface area contributed by atoms with Crippen LogP contribution in [0, 0.1) is 17.8 Å². The first-order valence-corrected chi connectivity index (χ1v) is 9.17. The first-order valence-electron chi connectivity index (χ1n) is 9.17. The zero-order valence-corrected chi connectivity index (χ0v) is 14.1. The average molecular weight is 293 g/mol. The summed E-state index contributed by atoms with van der Waals surface area (Å²) in [4.78, 5) is 16.9. The van der Waals surface area contributed by atoms with Gasteiger partial charge in [0.05, 0.1) is 12.6 Å². The van der Waals surface area contributed by atoms with E-state index in [9.17, 15) is 4.79 Å². The van der Waals surface area contributed by atoms with E-state index in [2.05, 4.69) is 25.7 Å². The van der Waals surface area contributed by atoms with Crippen LogP contribution in [0.25, 0.3) is 0 Å². The summed E-state index contributed by atoms with van der Waals surface area (Å²) >= 11 is 0. The first kappa shape index (κ1) is 15.5. The van der Waals surface area contributed by atoms with Gasteiger partial charge in [0, 0.05) is 18.9 Å². The zero-order valence-electron chi connectivity index (χ0n) is 14.1. The van der Waals surface area contributed by atoms with E-state index in [4.69, 9.17) is 0 Å². The lowest BCUT2D eigenvalue weighted by Crippen LogP contribution is -3.18. The summed E-state index contributed by atoms with van der Waals surface area (Å²) in [5.74, 6) is 2.60. The number of rotatable bonds is 3. The minimum absolute atomic E-state index is 0.371. The molecular formula is C18H33N2O+. The highest BCUT2D eigenvalue weighted by Gasteiger charge is 2.45. The minimum atomic E-state index is 0.371. The van der Waals surface area contributed by atoms with E-state index < -0.39 is 0 Å². The monoisotopic (exact) mass is 293 g/mol. The van der Waals surface area contributed by atoms with Crippen molar-refractivity contribution in [2.24, 2.45) is 17.8 Å². The van der Waals surface area contributed by atoms with Crippen LogP contribution in [0.4, 0.5) is 0 Å². The molecule has 0 aromatic rings. The summed E-state index contributed by atoms with van der Waals surface area (Å²) in [7, 11) is 0. The van der Waals surface area contributed by atoms with Crippen molar-refractivity contribution in [3.8, 4) is 0 Å². The van der Waals surface area contributed by atoms with Crippen LogP contribution in [0.1, 0.15) is 59.3 Å². The molecule has 0 radical (unpaired) electrons. The topological polar surface area (TPSA) is 24.8 Å². The molecule has 1 saturated carbocycles. The van der Waals surface area contributed by atoms with Gasteiger partial charge in [-0.15, -0.1) is 0 Å². The van der Waals surface area contributed by atoms with Crippen LogP contribution in [-0.2, 0) is 4.79 Å². The van der Waals surface area contributed by atoms with Crippen molar-refractivity contribution in [1.29, 1.82) is 0 Å². The van der Waals surface area contributed by atoms with Gasteiger partial charge in [-0.3, -0.25) is 4.79 Å². The number of Topliss-reactive ketones (excluding diaryl/α,β-unsaturated/α-hetero) is 1. The maximum Gasteiger partial charge on any atom is 0.189 e. The van der Waals surface area contributed by atoms with Gasteiger partial charge in [-0.25, -0.2) is 4.90 Å². The summed E-state index contributed by atoms with van der Waals surface area (Å²) in [5, 5.41) is 0. The van der Waals surface area contributed by atoms with Gasteiger partial charge in [0.1, 0.15) is 12.7 Å². The van der Waals surface area contributed by atoms with Crippen molar-refractivity contribution < 1.29 is 9.69 Å². The third-order valence-corrected chi connectivity index (χ3v) is 6.39. The summed E-state index contributed by atoms with van der Waals surface area (Å²) in [5.41, 5.74) is 0. The molecule has 120 valence electrons. The Bertz CT molecular complexity index is 375. The fraction of sp³-hybridized carbons (Fsp3) is 0.944. The Hall–Kier alpha value is -0.410. The summed E-state index contributed by atoms with van der Waals surface area (Å²) in [6.45, 7) is 10.3. The second-order valence-corrected chi connectivity index (χ2v) is 8.22. The average Bonchev–Trinajstić information content (AvgIpc) is 2.76. The Kier molecular flexibility index (Phi) is 4.70. The molecule has 21 heavy (non-hydrogen) atoms. The maximum atomic E-state index is 12.7. The van der Waals surface area contributed by atoms with Gasteiger partial charge >= 0.3 is 0 Å². The molecule has 0 bridgehead atoms. The zero-order chi connectivity index (χ0) is 15.0. The molecule has 1 N–H and O–H groups in total. The Balaban J connectivity index is 1.59. The molecule has 3 rings (SSSR count). The maximum absolute atomic E-state index is 12.7. The molecule has 0 aromatic carbocycles. The Morgan fingerprint density at radius 1 is 1.05 bits per heavy atom. The molecule has 4 atom stereocenters. The molecule has 3 aliphatic rings. The molecule has 3 heteroatoms. The Labute approximate surface area is 130 Å². The van der Waals surface area contributed by atoms with Gasteiger partial charge in [-0.1, -0.05) is 26.7 Å². The van der Waals surface area contributed by atoms with Crippen molar-refractivity contribution in [1.82, 2.24) is 4.90 Å². The summed E-state index contributed by atoms with van der Waals surface area (Å²) < 4.78 is 0. The number of piperidine rings is 1. The second kappa shape index (κ2) is 6.37. The lowest BCUT2D eigenvalue weighted by molar-refractivity contribution is -0.933. The highest BCUT2D eigenvalue weighted by molar-refractivity contribution is 5.82. The fourth-order valence-electron chi connectivity index (χ4n) is 4.81. The molecule has 4 unspecified atom stereocenters. The third-order valence-electron chi connectivity index (χ3n) is 6.39. The number of carbonyl (C=O) groups excluding carboxylic acids is 1. The number of hydrogen-bond acceptors (Lipinski definition) is 2. The Morgan fingerprint density at radius 2 is 1.76 bits per heavy atom. The highest BCUT2D eigenvalue weighted by atomic mass is 16.1. The molecule has 2 saturated heterocycles. The highest BCUT2D eigenvalue weighted by Crippen LogP contribution is 2.29. The molecule has 2 aliphatic heterocycles. The third kappa shape index (κ3) is 3.34. The number of ketones is 1. The summed E-state index contributed by atoms with van der Waals surface area (Å²) in [6.07, 6.45) is 8.05. The quantitative estimate of drug-likeness (QED) is 0.857. The van der Waals surface area contributed by atoms with Gasteiger partial charge in [0.15, 0.2) is 5.78 Å². The normalized spacial score (nSPS) is 44.5. The van der Waals surface area contributed by atoms with Gasteiger partial charge in [-0.05, 0) is 38.0 Å². The SMILES string of the molecule is CC1CCC(C(=O)C[NH+]2C(C)CN3CCC(C)CC32)CC1. The van der Waals surface area contributed by atoms with E-state index in [1.807, 2.05) is 0 Å². The van der Waals surface area contributed by atoms with Gasteiger partial charge in [-0.2, -0.15) is 0 Å². The van der Waals surface area contributed by atoms with Gasteiger partial charge in [0.25, 0.3) is 0 Å². The van der Waals surface area contributed by atoms with Crippen LogP contribution in [0.5, 0.6) is 0 Å². The van der Waals surface area contributed by atoms with E-state index in [0.717, 1.165) is 31.2 Å². The lowest BCUT2D eigenvalue weighted by atomic mass is 9.80. The lowest BCUT2D eigenvalue weighted by Gasteiger charge is -2.35. The number of quaternary nitrogens is 1. The van der Waals surface area contributed by atoms with E-state index in [-0.39, 0.29) is 0 Å². The number of carbonyl (C=O) groups is 1. The van der Waals surface area contributed by atoms with Crippen LogP contribution < -0.4 is 4.90 Å². The van der Waals surface area contributed by atoms with E-state index in [1.165, 1.54) is 38.8 Å². The second-order valence-electron chi connectivity index (χ2n) is 8.22. The van der Waals surface area contributed by atoms with Crippen LogP contribution in [0.15, 0.2) is 0 Å². The first-order chi connectivity index (χ1) is 10.0. The van der Waals surface area contributed by atoms with Crippen LogP contribution >= 0.6 is 0 Å². The predicted octanol–water partition coefficient (Wildman–Crippen LogP) is 1.73. The molecule has 0 aromatic heterocycles. The van der Waals surface area contributed by atoms with Crippen molar-refractivity contribution in [2.75, 3.05) is 19.6 Å². The van der Waals surface area contributed by atoms with Crippen molar-refractivity contribution >= 4 is 5.78 Å². The fourth-order valence-corrected chi connectivity index (χ4v) is 4.81. The van der Waals surface area contributed by atoms with Crippen LogP contribution in [0.3, 0.4) is 0 Å². The van der Waals surface area contributed by atoms with E-state index in [1.54, 1.807) is 4.90 Å². The van der Waals surface area contributed by atoms with E-state index in [0.29, 0.717) is 23.9 Å². The molecule has 0 amide bonds. The molecule has 3 fully saturated rings. The van der Waals surface area contributed by atoms with E-state index >= 15 is 0 Å². The Morgan fingerprint density at radius 3 is 2.48 bits per heavy atom. The number of fused-ring (bicyclic) bond motifs is 1. The van der Waals surface area contributed by atoms with Gasteiger partial charge < -0.3 is 4.90 Å². The van der Waals surface area contributed by atoms with Crippen molar-refractivity contribution in [2.45, 2.75) is 71.5 Å². The van der Waals surface area contributed by atoms with Crippen molar-refractivity contribution in [3.05, 3.63) is 0 Å². The number of nitrogens with one attached hydrogen (secondary N) is 1. The number of nitrogens with zero attached hydrogens (tertiary/aromatic N) is 1. The molecular weight excluding hydrogens is 260 g/mol. The van der Waals surface area contributed by atoms with Crippen LogP contribution in [0.2, 0.25) is 0 Å². The predicted molar refractivity (Wildman–Crippen MR) is 85.2 cm³/mol. The number of hydrogen-bond donors (Lipinski definition) is 1. The molecule has 3 nitrogen and oxygen atoms in total. The van der Waals surface area contributed by atoms with Crippen molar-refractivity contribution in [3.63, 3.8) is 0 Å². The van der Waals surface area contributed by atoms with Crippen LogP contribution in [-0.4, -0.2) is 42.5 Å². The van der Waals surface area contributed by atoms with Gasteiger partial charge in [0.2, 0.25) is 0 Å². The molecule has 2 heterocycles. The molecule has 1 aliphatic carbocycles. The smallest absolute Gasteiger partial charge is 0.189 e. The minimum Gasteiger partial charge on any atom is -0.310 e.